The number of aryl methyl sites for hydroxylation is 1. The molecule has 10 nitrogen and oxygen atoms in total. The van der Waals surface area contributed by atoms with Gasteiger partial charge < -0.3 is 30.0 Å². The number of anilines is 1. The molecule has 11 heteroatoms. The highest BCUT2D eigenvalue weighted by Crippen LogP contribution is 2.34. The zero-order chi connectivity index (χ0) is 28.6. The van der Waals surface area contributed by atoms with E-state index >= 15 is 0 Å². The maximum Gasteiger partial charge on any atom is 0.407 e. The first-order chi connectivity index (χ1) is 18.5. The molecule has 3 N–H and O–H groups in total. The molecule has 0 aliphatic rings. The normalized spacial score (nSPS) is 11.0. The Balaban J connectivity index is 1.69. The summed E-state index contributed by atoms with van der Waals surface area (Å²) < 4.78 is 21.3. The number of esters is 1. The van der Waals surface area contributed by atoms with E-state index in [2.05, 4.69) is 15.3 Å². The summed E-state index contributed by atoms with van der Waals surface area (Å²) in [6.45, 7) is 8.21. The first-order valence-electron chi connectivity index (χ1n) is 12.3. The number of rotatable bonds is 10. The second kappa shape index (κ2) is 13.2. The standard InChI is InChI=1S/C28H34N4O6S/c1-17-13-23(35-5)21(25(33)36-6)15-20(17)22-16-24(32-26(29)31-22)39-19-10-7-9-18(14-19)37-12-8-11-30-27(34)38-28(2,3)4/h7,9-10,13-16H,8,11-12H2,1-6H3,(H,30,34)(H2,29,31,32). The monoisotopic (exact) mass is 554 g/mol. The number of ether oxygens (including phenoxy) is 4. The number of alkyl carbamates (subject to hydrolysis) is 1. The Morgan fingerprint density at radius 2 is 1.85 bits per heavy atom. The van der Waals surface area contributed by atoms with Crippen LogP contribution in [-0.4, -0.2) is 55.0 Å². The topological polar surface area (TPSA) is 135 Å². The molecule has 0 fully saturated rings. The minimum atomic E-state index is -0.534. The number of hydrogen-bond acceptors (Lipinski definition) is 10. The summed E-state index contributed by atoms with van der Waals surface area (Å²) in [4.78, 5) is 33.7. The van der Waals surface area contributed by atoms with Gasteiger partial charge in [0.15, 0.2) is 0 Å². The van der Waals surface area contributed by atoms with Gasteiger partial charge in [0.25, 0.3) is 0 Å². The maximum atomic E-state index is 12.3. The Bertz CT molecular complexity index is 1330. The molecule has 39 heavy (non-hydrogen) atoms. The maximum absolute atomic E-state index is 12.3. The van der Waals surface area contributed by atoms with Gasteiger partial charge in [0, 0.05) is 17.0 Å². The molecule has 208 valence electrons. The lowest BCUT2D eigenvalue weighted by molar-refractivity contribution is 0.0524. The zero-order valence-electron chi connectivity index (χ0n) is 23.0. The minimum absolute atomic E-state index is 0.106. The fourth-order valence-electron chi connectivity index (χ4n) is 3.54. The van der Waals surface area contributed by atoms with E-state index in [9.17, 15) is 9.59 Å². The van der Waals surface area contributed by atoms with Crippen LogP contribution in [0.15, 0.2) is 52.4 Å². The molecule has 0 saturated heterocycles. The Labute approximate surface area is 232 Å². The van der Waals surface area contributed by atoms with Crippen molar-refractivity contribution < 1.29 is 28.5 Å². The lowest BCUT2D eigenvalue weighted by atomic mass is 10.0. The van der Waals surface area contributed by atoms with Gasteiger partial charge in [0.05, 0.1) is 26.5 Å². The van der Waals surface area contributed by atoms with Gasteiger partial charge in [0.2, 0.25) is 5.95 Å². The summed E-state index contributed by atoms with van der Waals surface area (Å²) in [6.07, 6.45) is 0.174. The molecular weight excluding hydrogens is 520 g/mol. The molecule has 2 aromatic carbocycles. The van der Waals surface area contributed by atoms with E-state index in [4.69, 9.17) is 24.7 Å². The third-order valence-corrected chi connectivity index (χ3v) is 6.14. The van der Waals surface area contributed by atoms with E-state index in [1.54, 1.807) is 12.1 Å². The third kappa shape index (κ3) is 8.78. The van der Waals surface area contributed by atoms with E-state index in [0.717, 1.165) is 10.5 Å². The molecule has 1 heterocycles. The van der Waals surface area contributed by atoms with Crippen molar-refractivity contribution in [2.45, 2.75) is 49.6 Å². The van der Waals surface area contributed by atoms with Crippen molar-refractivity contribution in [1.82, 2.24) is 15.3 Å². The van der Waals surface area contributed by atoms with Gasteiger partial charge >= 0.3 is 12.1 Å². The molecule has 0 unspecified atom stereocenters. The van der Waals surface area contributed by atoms with Crippen LogP contribution in [0.3, 0.4) is 0 Å². The smallest absolute Gasteiger partial charge is 0.407 e. The SMILES string of the molecule is COC(=O)c1cc(-c2cc(Sc3cccc(OCCCNC(=O)OC(C)(C)C)c3)nc(N)n2)c(C)cc1OC. The number of nitrogens with one attached hydrogen (secondary N) is 1. The predicted octanol–water partition coefficient (Wildman–Crippen LogP) is 5.27. The largest absolute Gasteiger partial charge is 0.496 e. The Hall–Kier alpha value is -3.99. The highest BCUT2D eigenvalue weighted by atomic mass is 32.2. The molecule has 0 radical (unpaired) electrons. The summed E-state index contributed by atoms with van der Waals surface area (Å²) in [5, 5.41) is 3.34. The quantitative estimate of drug-likeness (QED) is 0.194. The number of amides is 1. The molecule has 0 saturated carbocycles. The third-order valence-electron chi connectivity index (χ3n) is 5.23. The van der Waals surface area contributed by atoms with Crippen molar-refractivity contribution in [3.8, 4) is 22.8 Å². The molecule has 1 aromatic heterocycles. The van der Waals surface area contributed by atoms with E-state index in [-0.39, 0.29) is 11.5 Å². The predicted molar refractivity (Wildman–Crippen MR) is 149 cm³/mol. The lowest BCUT2D eigenvalue weighted by Gasteiger charge is -2.19. The second-order valence-electron chi connectivity index (χ2n) is 9.52. The summed E-state index contributed by atoms with van der Waals surface area (Å²) >= 11 is 1.41. The number of carbonyl (C=O) groups excluding carboxylic acids is 2. The summed E-state index contributed by atoms with van der Waals surface area (Å²) in [5.41, 5.74) is 7.93. The molecule has 3 aromatic rings. The number of carbonyl (C=O) groups is 2. The number of methoxy groups -OCH3 is 2. The molecule has 1 amide bonds. The Morgan fingerprint density at radius 1 is 1.08 bits per heavy atom. The van der Waals surface area contributed by atoms with E-state index in [0.29, 0.717) is 47.4 Å². The Kier molecular flexibility index (Phi) is 10.00. The van der Waals surface area contributed by atoms with Crippen LogP contribution in [0.4, 0.5) is 10.7 Å². The van der Waals surface area contributed by atoms with Crippen LogP contribution in [-0.2, 0) is 9.47 Å². The van der Waals surface area contributed by atoms with Crippen LogP contribution >= 0.6 is 11.8 Å². The molecule has 0 aliphatic carbocycles. The average Bonchev–Trinajstić information content (AvgIpc) is 2.86. The van der Waals surface area contributed by atoms with E-state index < -0.39 is 17.7 Å². The highest BCUT2D eigenvalue weighted by molar-refractivity contribution is 7.99. The van der Waals surface area contributed by atoms with Gasteiger partial charge in [-0.2, -0.15) is 0 Å². The zero-order valence-corrected chi connectivity index (χ0v) is 23.8. The van der Waals surface area contributed by atoms with Gasteiger partial charge in [0.1, 0.15) is 27.7 Å². The van der Waals surface area contributed by atoms with Crippen LogP contribution in [0.2, 0.25) is 0 Å². The number of nitrogens with zero attached hydrogens (tertiary/aromatic N) is 2. The number of hydrogen-bond donors (Lipinski definition) is 2. The van der Waals surface area contributed by atoms with Crippen molar-refractivity contribution >= 4 is 29.8 Å². The van der Waals surface area contributed by atoms with Gasteiger partial charge in [-0.25, -0.2) is 19.6 Å². The van der Waals surface area contributed by atoms with Crippen LogP contribution in [0.1, 0.15) is 43.1 Å². The highest BCUT2D eigenvalue weighted by Gasteiger charge is 2.18. The van der Waals surface area contributed by atoms with Crippen molar-refractivity contribution in [2.24, 2.45) is 0 Å². The minimum Gasteiger partial charge on any atom is -0.496 e. The molecule has 0 aliphatic heterocycles. The number of nitrogens with two attached hydrogens (primary N) is 1. The van der Waals surface area contributed by atoms with Gasteiger partial charge in [-0.05, 0) is 76.1 Å². The number of nitrogen functional groups attached to an aromatic ring is 1. The molecular formula is C28H34N4O6S. The van der Waals surface area contributed by atoms with Crippen molar-refractivity contribution in [2.75, 3.05) is 33.1 Å². The van der Waals surface area contributed by atoms with Crippen LogP contribution in [0.5, 0.6) is 11.5 Å². The van der Waals surface area contributed by atoms with Crippen LogP contribution < -0.4 is 20.5 Å². The summed E-state index contributed by atoms with van der Waals surface area (Å²) in [6, 6.07) is 12.8. The van der Waals surface area contributed by atoms with Crippen molar-refractivity contribution in [3.05, 3.63) is 53.6 Å². The average molecular weight is 555 g/mol. The molecule has 0 spiro atoms. The van der Waals surface area contributed by atoms with Gasteiger partial charge in [-0.3, -0.25) is 0 Å². The Morgan fingerprint density at radius 3 is 2.54 bits per heavy atom. The second-order valence-corrected chi connectivity index (χ2v) is 10.6. The molecule has 0 bridgehead atoms. The van der Waals surface area contributed by atoms with Crippen LogP contribution in [0.25, 0.3) is 11.3 Å². The summed E-state index contributed by atoms with van der Waals surface area (Å²) in [5.74, 6) is 0.697. The van der Waals surface area contributed by atoms with Crippen molar-refractivity contribution in [3.63, 3.8) is 0 Å². The fraction of sp³-hybridized carbons (Fsp3) is 0.357. The van der Waals surface area contributed by atoms with Gasteiger partial charge in [-0.15, -0.1) is 0 Å². The van der Waals surface area contributed by atoms with Gasteiger partial charge in [-0.1, -0.05) is 17.8 Å². The molecule has 3 rings (SSSR count). The first-order valence-corrected chi connectivity index (χ1v) is 13.1. The fourth-order valence-corrected chi connectivity index (χ4v) is 4.42. The lowest BCUT2D eigenvalue weighted by Crippen LogP contribution is -2.33. The molecule has 0 atom stereocenters. The van der Waals surface area contributed by atoms with E-state index in [1.165, 1.54) is 26.0 Å². The first kappa shape index (κ1) is 29.6. The van der Waals surface area contributed by atoms with E-state index in [1.807, 2.05) is 58.0 Å². The number of aromatic nitrogens is 2. The number of benzene rings is 2. The van der Waals surface area contributed by atoms with Crippen molar-refractivity contribution in [1.29, 1.82) is 0 Å². The summed E-state index contributed by atoms with van der Waals surface area (Å²) in [7, 11) is 2.81. The van der Waals surface area contributed by atoms with Crippen LogP contribution in [0, 0.1) is 6.92 Å².